The fraction of sp³-hybridized carbons (Fsp3) is 0.500. The summed E-state index contributed by atoms with van der Waals surface area (Å²) in [5.74, 6) is 0.246. The molecule has 2 rings (SSSR count). The molecule has 0 bridgehead atoms. The van der Waals surface area contributed by atoms with Gasteiger partial charge in [0, 0.05) is 25.7 Å². The largest absolute Gasteiger partial charge is 0.490 e. The lowest BCUT2D eigenvalue weighted by Gasteiger charge is -2.20. The molecule has 8 nitrogen and oxygen atoms in total. The predicted molar refractivity (Wildman–Crippen MR) is 78.9 cm³/mol. The molecule has 0 N–H and O–H groups in total. The van der Waals surface area contributed by atoms with Crippen LogP contribution in [0.1, 0.15) is 5.56 Å². The fourth-order valence-corrected chi connectivity index (χ4v) is 2.29. The van der Waals surface area contributed by atoms with Crippen molar-refractivity contribution in [3.05, 3.63) is 33.9 Å². The first-order valence-corrected chi connectivity index (χ1v) is 6.93. The first kappa shape index (κ1) is 16.0. The van der Waals surface area contributed by atoms with Crippen LogP contribution in [0.2, 0.25) is 0 Å². The summed E-state index contributed by atoms with van der Waals surface area (Å²) in [6.45, 7) is 2.84. The second-order valence-corrected chi connectivity index (χ2v) is 5.10. The number of hydrogen-bond acceptors (Lipinski definition) is 6. The topological polar surface area (TPSA) is 85.2 Å². The number of ether oxygens (including phenoxy) is 2. The fourth-order valence-electron chi connectivity index (χ4n) is 2.29. The lowest BCUT2D eigenvalue weighted by atomic mass is 10.1. The highest BCUT2D eigenvalue weighted by molar-refractivity contribution is 5.69. The molecule has 0 aliphatic carbocycles. The Morgan fingerprint density at radius 3 is 2.86 bits per heavy atom. The van der Waals surface area contributed by atoms with Crippen LogP contribution >= 0.6 is 0 Å². The third kappa shape index (κ3) is 3.85. The van der Waals surface area contributed by atoms with Crippen LogP contribution in [0.5, 0.6) is 5.75 Å². The van der Waals surface area contributed by atoms with E-state index < -0.39 is 4.92 Å². The van der Waals surface area contributed by atoms with Crippen molar-refractivity contribution >= 4 is 11.8 Å². The van der Waals surface area contributed by atoms with Gasteiger partial charge in [-0.05, 0) is 18.7 Å². The molecule has 120 valence electrons. The second-order valence-electron chi connectivity index (χ2n) is 5.10. The monoisotopic (exact) mass is 309 g/mol. The Labute approximate surface area is 128 Å². The van der Waals surface area contributed by atoms with Crippen molar-refractivity contribution in [2.24, 2.45) is 0 Å². The van der Waals surface area contributed by atoms with Gasteiger partial charge in [0.2, 0.25) is 0 Å². The van der Waals surface area contributed by atoms with Crippen LogP contribution in [0.15, 0.2) is 18.2 Å². The van der Waals surface area contributed by atoms with E-state index >= 15 is 0 Å². The van der Waals surface area contributed by atoms with Crippen molar-refractivity contribution in [1.29, 1.82) is 0 Å². The molecule has 1 aliphatic heterocycles. The molecule has 0 aromatic heterocycles. The zero-order valence-electron chi connectivity index (χ0n) is 12.7. The highest BCUT2D eigenvalue weighted by atomic mass is 16.6. The van der Waals surface area contributed by atoms with E-state index in [0.29, 0.717) is 32.8 Å². The maximum atomic E-state index is 11.3. The summed E-state index contributed by atoms with van der Waals surface area (Å²) >= 11 is 0. The van der Waals surface area contributed by atoms with Crippen molar-refractivity contribution in [1.82, 2.24) is 9.80 Å². The number of likely N-dealkylation sites (N-methyl/N-ethyl adjacent to an activating group) is 1. The molecule has 1 aliphatic rings. The number of amides is 1. The predicted octanol–water partition coefficient (Wildman–Crippen LogP) is 1.49. The lowest BCUT2D eigenvalue weighted by molar-refractivity contribution is -0.385. The quantitative estimate of drug-likeness (QED) is 0.560. The Kier molecular flexibility index (Phi) is 5.16. The van der Waals surface area contributed by atoms with E-state index in [4.69, 9.17) is 9.47 Å². The van der Waals surface area contributed by atoms with Crippen LogP contribution in [0.25, 0.3) is 0 Å². The summed E-state index contributed by atoms with van der Waals surface area (Å²) in [7, 11) is 3.31. The molecule has 1 amide bonds. The van der Waals surface area contributed by atoms with Gasteiger partial charge in [-0.3, -0.25) is 10.1 Å². The SMILES string of the molecule is COc1ccc(CN(C)CCN2CCOC2=O)cc1[N+](=O)[O-]. The minimum absolute atomic E-state index is 0.0449. The molecular weight excluding hydrogens is 290 g/mol. The van der Waals surface area contributed by atoms with Crippen LogP contribution in [-0.2, 0) is 11.3 Å². The number of hydrogen-bond donors (Lipinski definition) is 0. The molecule has 0 unspecified atom stereocenters. The summed E-state index contributed by atoms with van der Waals surface area (Å²) in [5, 5.41) is 11.0. The standard InChI is InChI=1S/C14H19N3O5/c1-15(5-6-16-7-8-22-14(16)18)10-11-3-4-13(21-2)12(9-11)17(19)20/h3-4,9H,5-8,10H2,1-2H3. The van der Waals surface area contributed by atoms with Crippen molar-refractivity contribution in [2.45, 2.75) is 6.54 Å². The van der Waals surface area contributed by atoms with Gasteiger partial charge in [0.05, 0.1) is 18.6 Å². The molecule has 0 spiro atoms. The van der Waals surface area contributed by atoms with Gasteiger partial charge in [-0.2, -0.15) is 0 Å². The van der Waals surface area contributed by atoms with Crippen molar-refractivity contribution < 1.29 is 19.2 Å². The third-order valence-corrected chi connectivity index (χ3v) is 3.49. The highest BCUT2D eigenvalue weighted by Gasteiger charge is 2.21. The molecule has 8 heteroatoms. The molecule has 1 aromatic carbocycles. The lowest BCUT2D eigenvalue weighted by Crippen LogP contribution is -2.33. The summed E-state index contributed by atoms with van der Waals surface area (Å²) in [6, 6.07) is 4.91. The van der Waals surface area contributed by atoms with E-state index in [1.807, 2.05) is 11.9 Å². The minimum Gasteiger partial charge on any atom is -0.490 e. The van der Waals surface area contributed by atoms with E-state index in [1.54, 1.807) is 17.0 Å². The van der Waals surface area contributed by atoms with Gasteiger partial charge < -0.3 is 19.3 Å². The molecule has 0 radical (unpaired) electrons. The Bertz CT molecular complexity index is 563. The van der Waals surface area contributed by atoms with Crippen LogP contribution < -0.4 is 4.74 Å². The van der Waals surface area contributed by atoms with Gasteiger partial charge in [0.15, 0.2) is 5.75 Å². The Morgan fingerprint density at radius 1 is 1.50 bits per heavy atom. The zero-order chi connectivity index (χ0) is 16.1. The number of nitro benzene ring substituents is 1. The van der Waals surface area contributed by atoms with Crippen molar-refractivity contribution in [3.8, 4) is 5.75 Å². The number of cyclic esters (lactones) is 1. The molecule has 0 saturated carbocycles. The molecule has 1 fully saturated rings. The van der Waals surface area contributed by atoms with E-state index in [-0.39, 0.29) is 17.5 Å². The van der Waals surface area contributed by atoms with Crippen LogP contribution in [0.4, 0.5) is 10.5 Å². The minimum atomic E-state index is -0.456. The molecule has 22 heavy (non-hydrogen) atoms. The number of methoxy groups -OCH3 is 1. The van der Waals surface area contributed by atoms with Gasteiger partial charge in [-0.25, -0.2) is 4.79 Å². The van der Waals surface area contributed by atoms with Crippen LogP contribution in [0, 0.1) is 10.1 Å². The van der Waals surface area contributed by atoms with Gasteiger partial charge in [-0.1, -0.05) is 6.07 Å². The summed E-state index contributed by atoms with van der Waals surface area (Å²) in [5.41, 5.74) is 0.774. The average molecular weight is 309 g/mol. The average Bonchev–Trinajstić information content (AvgIpc) is 2.90. The Hall–Kier alpha value is -2.35. The first-order chi connectivity index (χ1) is 10.5. The van der Waals surface area contributed by atoms with E-state index in [0.717, 1.165) is 5.56 Å². The number of nitrogens with zero attached hydrogens (tertiary/aromatic N) is 3. The highest BCUT2D eigenvalue weighted by Crippen LogP contribution is 2.27. The summed E-state index contributed by atoms with van der Waals surface area (Å²) in [6.07, 6.45) is -0.284. The smallest absolute Gasteiger partial charge is 0.409 e. The molecule has 1 saturated heterocycles. The normalized spacial score (nSPS) is 14.3. The number of carbonyl (C=O) groups is 1. The van der Waals surface area contributed by atoms with Gasteiger partial charge in [-0.15, -0.1) is 0 Å². The summed E-state index contributed by atoms with van der Waals surface area (Å²) < 4.78 is 9.84. The molecule has 1 heterocycles. The molecule has 0 atom stereocenters. The molecule has 1 aromatic rings. The third-order valence-electron chi connectivity index (χ3n) is 3.49. The van der Waals surface area contributed by atoms with Crippen molar-refractivity contribution in [2.75, 3.05) is 40.4 Å². The van der Waals surface area contributed by atoms with Crippen molar-refractivity contribution in [3.63, 3.8) is 0 Å². The van der Waals surface area contributed by atoms with E-state index in [1.165, 1.54) is 13.2 Å². The van der Waals surface area contributed by atoms with E-state index in [9.17, 15) is 14.9 Å². The van der Waals surface area contributed by atoms with Gasteiger partial charge >= 0.3 is 11.8 Å². The summed E-state index contributed by atoms with van der Waals surface area (Å²) in [4.78, 5) is 25.5. The van der Waals surface area contributed by atoms with Crippen LogP contribution in [0.3, 0.4) is 0 Å². The Morgan fingerprint density at radius 2 is 2.27 bits per heavy atom. The number of carbonyl (C=O) groups excluding carboxylic acids is 1. The second kappa shape index (κ2) is 7.08. The number of nitro groups is 1. The van der Waals surface area contributed by atoms with Gasteiger partial charge in [0.1, 0.15) is 6.61 Å². The maximum absolute atomic E-state index is 11.3. The number of rotatable bonds is 7. The molecular formula is C14H19N3O5. The Balaban J connectivity index is 1.93. The zero-order valence-corrected chi connectivity index (χ0v) is 12.7. The van der Waals surface area contributed by atoms with E-state index in [2.05, 4.69) is 0 Å². The van der Waals surface area contributed by atoms with Gasteiger partial charge in [0.25, 0.3) is 0 Å². The number of benzene rings is 1. The first-order valence-electron chi connectivity index (χ1n) is 6.93. The maximum Gasteiger partial charge on any atom is 0.409 e. The van der Waals surface area contributed by atoms with Crippen LogP contribution in [-0.4, -0.2) is 61.2 Å².